The number of rotatable bonds is 6. The van der Waals surface area contributed by atoms with Crippen molar-refractivity contribution in [1.29, 1.82) is 0 Å². The standard InChI is InChI=1S/C15H14N8O2S/c16-22-19-6-9-3-10(5-11(4-9)21-23-17)15(24)18-7-14-20-12-1-2-25-8-13(12)26-14/h3-5H,1-2,6-8H2,(H,18,24). The van der Waals surface area contributed by atoms with Crippen LogP contribution in [-0.2, 0) is 30.9 Å². The molecule has 10 nitrogen and oxygen atoms in total. The monoisotopic (exact) mass is 370 g/mol. The van der Waals surface area contributed by atoms with Gasteiger partial charge in [0.2, 0.25) is 0 Å². The Hall–Kier alpha value is -3.10. The normalized spacial score (nSPS) is 12.5. The first-order chi connectivity index (χ1) is 12.7. The van der Waals surface area contributed by atoms with Gasteiger partial charge in [-0.3, -0.25) is 4.79 Å². The van der Waals surface area contributed by atoms with Crippen molar-refractivity contribution < 1.29 is 9.53 Å². The third-order valence-electron chi connectivity index (χ3n) is 3.66. The molecule has 1 aliphatic rings. The van der Waals surface area contributed by atoms with Gasteiger partial charge < -0.3 is 10.1 Å². The predicted octanol–water partition coefficient (Wildman–Crippen LogP) is 3.90. The van der Waals surface area contributed by atoms with Crippen LogP contribution in [0.2, 0.25) is 0 Å². The maximum Gasteiger partial charge on any atom is 0.251 e. The first-order valence-electron chi connectivity index (χ1n) is 7.73. The van der Waals surface area contributed by atoms with E-state index in [1.807, 2.05) is 0 Å². The van der Waals surface area contributed by atoms with Crippen molar-refractivity contribution >= 4 is 22.9 Å². The molecule has 0 saturated heterocycles. The molecule has 132 valence electrons. The average Bonchev–Trinajstić information content (AvgIpc) is 3.07. The van der Waals surface area contributed by atoms with Gasteiger partial charge in [-0.2, -0.15) is 0 Å². The van der Waals surface area contributed by atoms with Crippen molar-refractivity contribution in [3.8, 4) is 0 Å². The number of carbonyl (C=O) groups excluding carboxylic acids is 1. The minimum absolute atomic E-state index is 0.0603. The third-order valence-corrected chi connectivity index (χ3v) is 4.73. The summed E-state index contributed by atoms with van der Waals surface area (Å²) >= 11 is 1.53. The summed E-state index contributed by atoms with van der Waals surface area (Å²) in [5.41, 5.74) is 19.3. The molecule has 0 atom stereocenters. The van der Waals surface area contributed by atoms with Crippen LogP contribution in [0.15, 0.2) is 28.4 Å². The molecule has 11 heteroatoms. The van der Waals surface area contributed by atoms with Crippen LogP contribution in [0, 0.1) is 0 Å². The molecule has 1 amide bonds. The summed E-state index contributed by atoms with van der Waals surface area (Å²) < 4.78 is 5.39. The molecule has 1 aliphatic heterocycles. The van der Waals surface area contributed by atoms with Crippen LogP contribution in [-0.4, -0.2) is 17.5 Å². The molecular formula is C15H14N8O2S. The van der Waals surface area contributed by atoms with Crippen LogP contribution in [0.3, 0.4) is 0 Å². The number of hydrogen-bond acceptors (Lipinski definition) is 6. The van der Waals surface area contributed by atoms with Gasteiger partial charge in [0.1, 0.15) is 5.01 Å². The largest absolute Gasteiger partial charge is 0.375 e. The number of nitrogens with one attached hydrogen (secondary N) is 1. The number of fused-ring (bicyclic) bond motifs is 1. The van der Waals surface area contributed by atoms with E-state index in [2.05, 4.69) is 30.4 Å². The van der Waals surface area contributed by atoms with E-state index in [0.29, 0.717) is 30.9 Å². The lowest BCUT2D eigenvalue weighted by atomic mass is 10.1. The molecular weight excluding hydrogens is 356 g/mol. The van der Waals surface area contributed by atoms with E-state index in [9.17, 15) is 4.79 Å². The number of thiazole rings is 1. The van der Waals surface area contributed by atoms with Gasteiger partial charge in [0, 0.05) is 27.5 Å². The van der Waals surface area contributed by atoms with Gasteiger partial charge in [0.15, 0.2) is 0 Å². The Bertz CT molecular complexity index is 904. The summed E-state index contributed by atoms with van der Waals surface area (Å²) in [6.07, 6.45) is 0.788. The highest BCUT2D eigenvalue weighted by molar-refractivity contribution is 7.11. The first kappa shape index (κ1) is 17.7. The molecule has 0 saturated carbocycles. The lowest BCUT2D eigenvalue weighted by Gasteiger charge is -2.08. The van der Waals surface area contributed by atoms with Gasteiger partial charge >= 0.3 is 0 Å². The second kappa shape index (κ2) is 8.32. The number of hydrogen-bond donors (Lipinski definition) is 1. The van der Waals surface area contributed by atoms with E-state index in [1.54, 1.807) is 12.1 Å². The Kier molecular flexibility index (Phi) is 5.67. The minimum atomic E-state index is -0.327. The summed E-state index contributed by atoms with van der Waals surface area (Å²) in [7, 11) is 0. The molecule has 3 rings (SSSR count). The molecule has 0 radical (unpaired) electrons. The Morgan fingerprint density at radius 3 is 3.00 bits per heavy atom. The Morgan fingerprint density at radius 2 is 2.23 bits per heavy atom. The van der Waals surface area contributed by atoms with Gasteiger partial charge in [-0.25, -0.2) is 4.98 Å². The minimum Gasteiger partial charge on any atom is -0.375 e. The third kappa shape index (κ3) is 4.29. The lowest BCUT2D eigenvalue weighted by molar-refractivity contribution is 0.0950. The molecule has 0 bridgehead atoms. The number of aromatic nitrogens is 1. The van der Waals surface area contributed by atoms with Crippen molar-refractivity contribution in [3.05, 3.63) is 65.8 Å². The molecule has 0 fully saturated rings. The number of carbonyl (C=O) groups is 1. The second-order valence-corrected chi connectivity index (χ2v) is 6.60. The van der Waals surface area contributed by atoms with Crippen LogP contribution in [0.1, 0.15) is 31.5 Å². The zero-order valence-corrected chi connectivity index (χ0v) is 14.4. The fourth-order valence-electron chi connectivity index (χ4n) is 2.53. The molecule has 2 heterocycles. The Morgan fingerprint density at radius 1 is 1.35 bits per heavy atom. The fourth-order valence-corrected chi connectivity index (χ4v) is 3.52. The van der Waals surface area contributed by atoms with E-state index in [4.69, 9.17) is 15.8 Å². The summed E-state index contributed by atoms with van der Waals surface area (Å²) in [6, 6.07) is 4.65. The topological polar surface area (TPSA) is 149 Å². The molecule has 26 heavy (non-hydrogen) atoms. The fraction of sp³-hybridized carbons (Fsp3) is 0.333. The molecule has 1 aromatic carbocycles. The highest BCUT2D eigenvalue weighted by atomic mass is 32.1. The quantitative estimate of drug-likeness (QED) is 0.466. The van der Waals surface area contributed by atoms with Crippen molar-refractivity contribution in [2.24, 2.45) is 10.2 Å². The van der Waals surface area contributed by atoms with Crippen molar-refractivity contribution in [1.82, 2.24) is 10.3 Å². The maximum absolute atomic E-state index is 12.4. The van der Waals surface area contributed by atoms with Crippen LogP contribution in [0.5, 0.6) is 0 Å². The van der Waals surface area contributed by atoms with Gasteiger partial charge in [0.25, 0.3) is 5.91 Å². The van der Waals surface area contributed by atoms with Gasteiger partial charge in [-0.1, -0.05) is 10.2 Å². The molecule has 1 N–H and O–H groups in total. The van der Waals surface area contributed by atoms with Crippen LogP contribution in [0.4, 0.5) is 5.69 Å². The number of amides is 1. The SMILES string of the molecule is [N-]=[N+]=NCc1cc(N=[N+]=[N-])cc(C(=O)NCc2nc3c(s2)COCC3)c1. The summed E-state index contributed by atoms with van der Waals surface area (Å²) in [4.78, 5) is 23.5. The smallest absolute Gasteiger partial charge is 0.251 e. The van der Waals surface area contributed by atoms with E-state index in [-0.39, 0.29) is 18.1 Å². The van der Waals surface area contributed by atoms with Crippen molar-refractivity contribution in [2.45, 2.75) is 26.1 Å². The van der Waals surface area contributed by atoms with E-state index in [0.717, 1.165) is 22.0 Å². The Labute approximate surface area is 152 Å². The zero-order chi connectivity index (χ0) is 18.4. The molecule has 1 aromatic heterocycles. The summed E-state index contributed by atoms with van der Waals surface area (Å²) in [5.74, 6) is -0.327. The van der Waals surface area contributed by atoms with E-state index < -0.39 is 0 Å². The average molecular weight is 370 g/mol. The van der Waals surface area contributed by atoms with Gasteiger partial charge in [0.05, 0.1) is 36.9 Å². The molecule has 0 unspecified atom stereocenters. The van der Waals surface area contributed by atoms with Crippen LogP contribution < -0.4 is 5.32 Å². The highest BCUT2D eigenvalue weighted by Crippen LogP contribution is 2.24. The summed E-state index contributed by atoms with van der Waals surface area (Å²) in [6.45, 7) is 1.60. The molecule has 2 aromatic rings. The highest BCUT2D eigenvalue weighted by Gasteiger charge is 2.16. The number of ether oxygens (including phenoxy) is 1. The van der Waals surface area contributed by atoms with Gasteiger partial charge in [-0.05, 0) is 34.8 Å². The first-order valence-corrected chi connectivity index (χ1v) is 8.54. The second-order valence-electron chi connectivity index (χ2n) is 5.43. The lowest BCUT2D eigenvalue weighted by Crippen LogP contribution is -2.22. The molecule has 0 spiro atoms. The van der Waals surface area contributed by atoms with Crippen molar-refractivity contribution in [2.75, 3.05) is 6.61 Å². The van der Waals surface area contributed by atoms with E-state index >= 15 is 0 Å². The van der Waals surface area contributed by atoms with E-state index in [1.165, 1.54) is 17.4 Å². The van der Waals surface area contributed by atoms with Crippen molar-refractivity contribution in [3.63, 3.8) is 0 Å². The maximum atomic E-state index is 12.4. The van der Waals surface area contributed by atoms with Crippen LogP contribution >= 0.6 is 11.3 Å². The summed E-state index contributed by atoms with van der Waals surface area (Å²) in [5, 5.41) is 10.6. The van der Waals surface area contributed by atoms with Gasteiger partial charge in [-0.15, -0.1) is 11.3 Å². The Balaban J connectivity index is 1.73. The molecule has 0 aliphatic carbocycles. The number of benzene rings is 1. The number of azide groups is 2. The number of nitrogens with zero attached hydrogens (tertiary/aromatic N) is 7. The predicted molar refractivity (Wildman–Crippen MR) is 94.7 cm³/mol. The van der Waals surface area contributed by atoms with Crippen LogP contribution in [0.25, 0.3) is 20.9 Å². The zero-order valence-electron chi connectivity index (χ0n) is 13.6.